The number of nitrogens with zero attached hydrogens (tertiary/aromatic N) is 2. The number of unbranched alkanes of at least 4 members (excludes halogenated alkanes) is 2. The van der Waals surface area contributed by atoms with Gasteiger partial charge >= 0.3 is 0 Å². The van der Waals surface area contributed by atoms with Crippen molar-refractivity contribution in [3.05, 3.63) is 18.2 Å². The summed E-state index contributed by atoms with van der Waals surface area (Å²) in [7, 11) is 0. The van der Waals surface area contributed by atoms with Crippen LogP contribution in [-0.4, -0.2) is 16.1 Å². The van der Waals surface area contributed by atoms with Crippen LogP contribution in [0.1, 0.15) is 64.6 Å². The minimum atomic E-state index is 0.572. The average Bonchev–Trinajstić information content (AvgIpc) is 2.78. The molecule has 0 fully saturated rings. The normalized spacial score (nSPS) is 12.9. The van der Waals surface area contributed by atoms with Crippen LogP contribution < -0.4 is 5.32 Å². The zero-order valence-electron chi connectivity index (χ0n) is 11.6. The molecule has 0 radical (unpaired) electrons. The Morgan fingerprint density at radius 2 is 2.12 bits per heavy atom. The molecule has 0 bridgehead atoms. The Kier molecular flexibility index (Phi) is 6.94. The molecule has 1 heterocycles. The number of imidazole rings is 1. The minimum Gasteiger partial charge on any atom is -0.331 e. The van der Waals surface area contributed by atoms with Crippen LogP contribution in [-0.2, 0) is 6.54 Å². The van der Waals surface area contributed by atoms with Crippen LogP contribution in [0.3, 0.4) is 0 Å². The Hall–Kier alpha value is -0.830. The Labute approximate surface area is 106 Å². The quantitative estimate of drug-likeness (QED) is 0.666. The third kappa shape index (κ3) is 4.90. The molecular weight excluding hydrogens is 210 g/mol. The highest BCUT2D eigenvalue weighted by atomic mass is 15.1. The molecule has 0 saturated heterocycles. The monoisotopic (exact) mass is 237 g/mol. The molecule has 3 nitrogen and oxygen atoms in total. The first-order chi connectivity index (χ1) is 8.29. The first kappa shape index (κ1) is 14.2. The summed E-state index contributed by atoms with van der Waals surface area (Å²) in [6.07, 6.45) is 10.3. The van der Waals surface area contributed by atoms with Crippen LogP contribution in [0.25, 0.3) is 0 Å². The Balaban J connectivity index is 2.43. The van der Waals surface area contributed by atoms with Crippen molar-refractivity contribution in [2.24, 2.45) is 0 Å². The molecule has 0 aliphatic carbocycles. The van der Waals surface area contributed by atoms with Gasteiger partial charge in [-0.3, -0.25) is 0 Å². The fraction of sp³-hybridized carbons (Fsp3) is 0.786. The first-order valence-corrected chi connectivity index (χ1v) is 7.01. The van der Waals surface area contributed by atoms with Gasteiger partial charge < -0.3 is 9.88 Å². The lowest BCUT2D eigenvalue weighted by Gasteiger charge is -2.16. The molecule has 1 atom stereocenters. The van der Waals surface area contributed by atoms with E-state index in [1.807, 2.05) is 12.5 Å². The summed E-state index contributed by atoms with van der Waals surface area (Å²) in [4.78, 5) is 4.27. The summed E-state index contributed by atoms with van der Waals surface area (Å²) in [6, 6.07) is 0.572. The second-order valence-electron chi connectivity index (χ2n) is 4.81. The van der Waals surface area contributed by atoms with E-state index in [1.165, 1.54) is 37.8 Å². The molecular formula is C14H27N3. The molecule has 1 unspecified atom stereocenters. The minimum absolute atomic E-state index is 0.572. The lowest BCUT2D eigenvalue weighted by Crippen LogP contribution is -2.18. The molecule has 1 rings (SSSR count). The van der Waals surface area contributed by atoms with Crippen LogP contribution in [0, 0.1) is 0 Å². The molecule has 1 aromatic rings. The van der Waals surface area contributed by atoms with Gasteiger partial charge in [0.15, 0.2) is 0 Å². The number of hydrogen-bond acceptors (Lipinski definition) is 2. The van der Waals surface area contributed by atoms with E-state index in [1.54, 1.807) is 0 Å². The van der Waals surface area contributed by atoms with Gasteiger partial charge in [-0.15, -0.1) is 0 Å². The molecule has 0 saturated carbocycles. The highest BCUT2D eigenvalue weighted by molar-refractivity contribution is 4.99. The highest BCUT2D eigenvalue weighted by Gasteiger charge is 2.08. The topological polar surface area (TPSA) is 29.9 Å². The molecule has 1 aromatic heterocycles. The van der Waals surface area contributed by atoms with Crippen LogP contribution in [0.2, 0.25) is 0 Å². The fourth-order valence-corrected chi connectivity index (χ4v) is 2.09. The highest BCUT2D eigenvalue weighted by Crippen LogP contribution is 2.17. The lowest BCUT2D eigenvalue weighted by atomic mass is 10.1. The Morgan fingerprint density at radius 3 is 2.82 bits per heavy atom. The summed E-state index contributed by atoms with van der Waals surface area (Å²) in [5.41, 5.74) is 1.31. The lowest BCUT2D eigenvalue weighted by molar-refractivity contribution is 0.458. The maximum Gasteiger partial charge on any atom is 0.0951 e. The number of nitrogens with one attached hydrogen (secondary N) is 1. The van der Waals surface area contributed by atoms with Crippen LogP contribution in [0.5, 0.6) is 0 Å². The van der Waals surface area contributed by atoms with Crippen molar-refractivity contribution in [3.63, 3.8) is 0 Å². The van der Waals surface area contributed by atoms with Gasteiger partial charge in [0.1, 0.15) is 0 Å². The zero-order valence-corrected chi connectivity index (χ0v) is 11.6. The maximum atomic E-state index is 4.27. The summed E-state index contributed by atoms with van der Waals surface area (Å²) in [5, 5.41) is 3.44. The van der Waals surface area contributed by atoms with E-state index in [0.717, 1.165) is 13.1 Å². The molecule has 0 aliphatic rings. The van der Waals surface area contributed by atoms with Gasteiger partial charge in [-0.1, -0.05) is 33.1 Å². The fourth-order valence-electron chi connectivity index (χ4n) is 2.09. The van der Waals surface area contributed by atoms with E-state index in [9.17, 15) is 0 Å². The SMILES string of the molecule is CCCCCC(C)n1cncc1CNCCC. The Bertz CT molecular complexity index is 293. The van der Waals surface area contributed by atoms with Gasteiger partial charge in [-0.25, -0.2) is 4.98 Å². The second-order valence-corrected chi connectivity index (χ2v) is 4.81. The third-order valence-corrected chi connectivity index (χ3v) is 3.18. The molecule has 1 N–H and O–H groups in total. The maximum absolute atomic E-state index is 4.27. The summed E-state index contributed by atoms with van der Waals surface area (Å²) >= 11 is 0. The zero-order chi connectivity index (χ0) is 12.5. The van der Waals surface area contributed by atoms with Gasteiger partial charge in [-0.05, 0) is 26.3 Å². The summed E-state index contributed by atoms with van der Waals surface area (Å²) in [6.45, 7) is 8.75. The van der Waals surface area contributed by atoms with Crippen molar-refractivity contribution in [1.82, 2.24) is 14.9 Å². The van der Waals surface area contributed by atoms with Crippen molar-refractivity contribution in [2.75, 3.05) is 6.54 Å². The van der Waals surface area contributed by atoms with Crippen LogP contribution in [0.15, 0.2) is 12.5 Å². The van der Waals surface area contributed by atoms with Gasteiger partial charge in [0.2, 0.25) is 0 Å². The van der Waals surface area contributed by atoms with Gasteiger partial charge in [0, 0.05) is 18.8 Å². The standard InChI is InChI=1S/C14H27N3/c1-4-6-7-8-13(3)17-12-16-11-14(17)10-15-9-5-2/h11-13,15H,4-10H2,1-3H3. The van der Waals surface area contributed by atoms with E-state index < -0.39 is 0 Å². The largest absolute Gasteiger partial charge is 0.331 e. The van der Waals surface area contributed by atoms with E-state index in [-0.39, 0.29) is 0 Å². The van der Waals surface area contributed by atoms with Crippen LogP contribution >= 0.6 is 0 Å². The van der Waals surface area contributed by atoms with Gasteiger partial charge in [-0.2, -0.15) is 0 Å². The van der Waals surface area contributed by atoms with Crippen molar-refractivity contribution in [3.8, 4) is 0 Å². The second kappa shape index (κ2) is 8.29. The van der Waals surface area contributed by atoms with E-state index in [0.29, 0.717) is 6.04 Å². The number of rotatable bonds is 9. The van der Waals surface area contributed by atoms with Crippen LogP contribution in [0.4, 0.5) is 0 Å². The molecule has 17 heavy (non-hydrogen) atoms. The predicted molar refractivity (Wildman–Crippen MR) is 73.1 cm³/mol. The van der Waals surface area contributed by atoms with Gasteiger partial charge in [0.25, 0.3) is 0 Å². The molecule has 3 heteroatoms. The van der Waals surface area contributed by atoms with Gasteiger partial charge in [0.05, 0.1) is 12.0 Å². The Morgan fingerprint density at radius 1 is 1.29 bits per heavy atom. The van der Waals surface area contributed by atoms with E-state index in [4.69, 9.17) is 0 Å². The average molecular weight is 237 g/mol. The van der Waals surface area contributed by atoms with Crippen molar-refractivity contribution in [2.45, 2.75) is 65.5 Å². The summed E-state index contributed by atoms with van der Waals surface area (Å²) in [5.74, 6) is 0. The molecule has 0 spiro atoms. The van der Waals surface area contributed by atoms with E-state index in [2.05, 4.69) is 35.6 Å². The molecule has 0 amide bonds. The van der Waals surface area contributed by atoms with Crippen molar-refractivity contribution in [1.29, 1.82) is 0 Å². The smallest absolute Gasteiger partial charge is 0.0951 e. The van der Waals surface area contributed by atoms with Crippen molar-refractivity contribution < 1.29 is 0 Å². The van der Waals surface area contributed by atoms with Crippen molar-refractivity contribution >= 4 is 0 Å². The summed E-state index contributed by atoms with van der Waals surface area (Å²) < 4.78 is 2.32. The number of hydrogen-bond donors (Lipinski definition) is 1. The molecule has 0 aliphatic heterocycles. The molecule has 0 aromatic carbocycles. The number of aromatic nitrogens is 2. The van der Waals surface area contributed by atoms with E-state index >= 15 is 0 Å². The third-order valence-electron chi connectivity index (χ3n) is 3.18. The first-order valence-electron chi connectivity index (χ1n) is 7.01. The molecule has 98 valence electrons. The predicted octanol–water partition coefficient (Wildman–Crippen LogP) is 3.52.